The van der Waals surface area contributed by atoms with Gasteiger partial charge in [0.1, 0.15) is 29.7 Å². The predicted octanol–water partition coefficient (Wildman–Crippen LogP) is 4.27. The Morgan fingerprint density at radius 3 is 2.64 bits per heavy atom. The number of carbonyl (C=O) groups excluding carboxylic acids is 1. The van der Waals surface area contributed by atoms with Crippen LogP contribution < -0.4 is 10.1 Å². The molecule has 126 valence electrons. The van der Waals surface area contributed by atoms with Gasteiger partial charge in [-0.25, -0.2) is 0 Å². The molecule has 2 aromatic rings. The molecule has 0 atom stereocenters. The number of halogens is 1. The zero-order valence-corrected chi connectivity index (χ0v) is 14.8. The van der Waals surface area contributed by atoms with E-state index < -0.39 is 5.91 Å². The van der Waals surface area contributed by atoms with Crippen LogP contribution in [-0.2, 0) is 4.79 Å². The molecule has 0 fully saturated rings. The highest BCUT2D eigenvalue weighted by molar-refractivity contribution is 9.10. The molecule has 0 unspecified atom stereocenters. The van der Waals surface area contributed by atoms with E-state index in [1.165, 1.54) is 18.2 Å². The monoisotopic (exact) mass is 398 g/mol. The number of nitrogens with zero attached hydrogens (tertiary/aromatic N) is 1. The van der Waals surface area contributed by atoms with E-state index in [1.807, 2.05) is 6.07 Å². The minimum atomic E-state index is -0.531. The Balaban J connectivity index is 2.17. The van der Waals surface area contributed by atoms with Crippen LogP contribution in [0.4, 0.5) is 5.69 Å². The van der Waals surface area contributed by atoms with Gasteiger partial charge < -0.3 is 15.2 Å². The van der Waals surface area contributed by atoms with Gasteiger partial charge in [0.25, 0.3) is 5.91 Å². The number of nitrogens with one attached hydrogen (secondary N) is 1. The lowest BCUT2D eigenvalue weighted by Gasteiger charge is -2.07. The van der Waals surface area contributed by atoms with Crippen LogP contribution in [0.25, 0.3) is 6.08 Å². The molecule has 0 aliphatic carbocycles. The van der Waals surface area contributed by atoms with Crippen LogP contribution in [0.1, 0.15) is 5.56 Å². The summed E-state index contributed by atoms with van der Waals surface area (Å²) in [6.07, 6.45) is 3.12. The molecule has 2 aromatic carbocycles. The highest BCUT2D eigenvalue weighted by Crippen LogP contribution is 2.27. The van der Waals surface area contributed by atoms with Gasteiger partial charge in [-0.3, -0.25) is 4.79 Å². The van der Waals surface area contributed by atoms with Crippen LogP contribution in [0.3, 0.4) is 0 Å². The molecule has 5 nitrogen and oxygen atoms in total. The van der Waals surface area contributed by atoms with E-state index in [9.17, 15) is 15.2 Å². The van der Waals surface area contributed by atoms with Crippen molar-refractivity contribution in [1.29, 1.82) is 5.26 Å². The van der Waals surface area contributed by atoms with Crippen LogP contribution in [0.5, 0.6) is 11.5 Å². The number of benzene rings is 2. The van der Waals surface area contributed by atoms with Gasteiger partial charge in [0.05, 0.1) is 4.47 Å². The third-order valence-electron chi connectivity index (χ3n) is 3.11. The maximum absolute atomic E-state index is 12.2. The second-order valence-corrected chi connectivity index (χ2v) is 5.81. The van der Waals surface area contributed by atoms with Crippen LogP contribution in [0.2, 0.25) is 0 Å². The molecular formula is C19H15BrN2O3. The van der Waals surface area contributed by atoms with Crippen LogP contribution in [0.15, 0.2) is 65.2 Å². The second kappa shape index (κ2) is 8.71. The van der Waals surface area contributed by atoms with E-state index in [0.29, 0.717) is 28.1 Å². The molecule has 6 heteroatoms. The topological polar surface area (TPSA) is 82.3 Å². The van der Waals surface area contributed by atoms with Crippen molar-refractivity contribution in [3.63, 3.8) is 0 Å². The molecule has 0 aromatic heterocycles. The maximum Gasteiger partial charge on any atom is 0.266 e. The molecule has 0 radical (unpaired) electrons. The van der Waals surface area contributed by atoms with Crippen molar-refractivity contribution in [3.05, 3.63) is 70.7 Å². The first-order valence-corrected chi connectivity index (χ1v) is 8.08. The number of hydrogen-bond acceptors (Lipinski definition) is 4. The molecule has 0 aliphatic rings. The van der Waals surface area contributed by atoms with Gasteiger partial charge in [-0.1, -0.05) is 18.7 Å². The fraction of sp³-hybridized carbons (Fsp3) is 0.0526. The van der Waals surface area contributed by atoms with Gasteiger partial charge in [-0.15, -0.1) is 0 Å². The minimum Gasteiger partial charge on any atom is -0.508 e. The fourth-order valence-electron chi connectivity index (χ4n) is 1.93. The van der Waals surface area contributed by atoms with Gasteiger partial charge in [0, 0.05) is 5.69 Å². The average molecular weight is 399 g/mol. The van der Waals surface area contributed by atoms with Crippen molar-refractivity contribution in [2.45, 2.75) is 0 Å². The smallest absolute Gasteiger partial charge is 0.266 e. The number of phenolic OH excluding ortho intramolecular Hbond substituents is 1. The summed E-state index contributed by atoms with van der Waals surface area (Å²) < 4.78 is 6.17. The average Bonchev–Trinajstić information content (AvgIpc) is 2.60. The first-order valence-electron chi connectivity index (χ1n) is 7.29. The zero-order valence-electron chi connectivity index (χ0n) is 13.2. The molecule has 0 saturated carbocycles. The van der Waals surface area contributed by atoms with Crippen molar-refractivity contribution in [3.8, 4) is 17.6 Å². The van der Waals surface area contributed by atoms with E-state index in [0.717, 1.165) is 0 Å². The van der Waals surface area contributed by atoms with Crippen molar-refractivity contribution in [2.24, 2.45) is 0 Å². The van der Waals surface area contributed by atoms with Gasteiger partial charge in [-0.2, -0.15) is 5.26 Å². The van der Waals surface area contributed by atoms with E-state index in [4.69, 9.17) is 4.74 Å². The Bertz CT molecular complexity index is 852. The lowest BCUT2D eigenvalue weighted by molar-refractivity contribution is -0.112. The molecule has 2 N–H and O–H groups in total. The Morgan fingerprint density at radius 1 is 1.32 bits per heavy atom. The minimum absolute atomic E-state index is 0.0419. The second-order valence-electron chi connectivity index (χ2n) is 4.96. The Morgan fingerprint density at radius 2 is 2.04 bits per heavy atom. The van der Waals surface area contributed by atoms with E-state index in [-0.39, 0.29) is 11.3 Å². The SMILES string of the molecule is C=CCOc1ccc(/C=C(/C#N)C(=O)Nc2ccc(O)cc2)cc1Br. The van der Waals surface area contributed by atoms with Gasteiger partial charge in [0.2, 0.25) is 0 Å². The van der Waals surface area contributed by atoms with E-state index in [1.54, 1.807) is 36.4 Å². The number of rotatable bonds is 6. The summed E-state index contributed by atoms with van der Waals surface area (Å²) in [5.41, 5.74) is 1.12. The summed E-state index contributed by atoms with van der Waals surface area (Å²) in [6.45, 7) is 3.97. The molecular weight excluding hydrogens is 384 g/mol. The van der Waals surface area contributed by atoms with Gasteiger partial charge in [-0.05, 0) is 64.0 Å². The van der Waals surface area contributed by atoms with Crippen LogP contribution in [0, 0.1) is 11.3 Å². The highest BCUT2D eigenvalue weighted by Gasteiger charge is 2.10. The van der Waals surface area contributed by atoms with E-state index in [2.05, 4.69) is 27.8 Å². The quantitative estimate of drug-likeness (QED) is 0.329. The van der Waals surface area contributed by atoms with Crippen LogP contribution in [-0.4, -0.2) is 17.6 Å². The largest absolute Gasteiger partial charge is 0.508 e. The molecule has 2 rings (SSSR count). The van der Waals surface area contributed by atoms with Crippen molar-refractivity contribution < 1.29 is 14.6 Å². The normalized spacial score (nSPS) is 10.6. The van der Waals surface area contributed by atoms with Gasteiger partial charge >= 0.3 is 0 Å². The first kappa shape index (κ1) is 18.3. The number of hydrogen-bond donors (Lipinski definition) is 2. The molecule has 25 heavy (non-hydrogen) atoms. The highest BCUT2D eigenvalue weighted by atomic mass is 79.9. The summed E-state index contributed by atoms with van der Waals surface area (Å²) in [4.78, 5) is 12.2. The summed E-state index contributed by atoms with van der Waals surface area (Å²) in [5, 5.41) is 21.1. The summed E-state index contributed by atoms with van der Waals surface area (Å²) >= 11 is 3.39. The fourth-order valence-corrected chi connectivity index (χ4v) is 2.44. The number of amides is 1. The molecule has 0 saturated heterocycles. The van der Waals surface area contributed by atoms with Crippen molar-refractivity contribution in [2.75, 3.05) is 11.9 Å². The van der Waals surface area contributed by atoms with E-state index >= 15 is 0 Å². The first-order chi connectivity index (χ1) is 12.0. The lowest BCUT2D eigenvalue weighted by Crippen LogP contribution is -2.13. The third kappa shape index (κ3) is 5.23. The standard InChI is InChI=1S/C19H15BrN2O3/c1-2-9-25-18-8-3-13(11-17(18)20)10-14(12-21)19(24)22-15-4-6-16(23)7-5-15/h2-8,10-11,23H,1,9H2,(H,22,24)/b14-10-. The molecule has 0 spiro atoms. The van der Waals surface area contributed by atoms with Crippen molar-refractivity contribution >= 4 is 33.6 Å². The summed E-state index contributed by atoms with van der Waals surface area (Å²) in [7, 11) is 0. The Labute approximate surface area is 154 Å². The summed E-state index contributed by atoms with van der Waals surface area (Å²) in [6, 6.07) is 13.1. The summed E-state index contributed by atoms with van der Waals surface area (Å²) in [5.74, 6) is 0.207. The molecule has 1 amide bonds. The zero-order chi connectivity index (χ0) is 18.2. The Hall–Kier alpha value is -3.04. The molecule has 0 bridgehead atoms. The number of ether oxygens (including phenoxy) is 1. The number of aromatic hydroxyl groups is 1. The Kier molecular flexibility index (Phi) is 6.38. The number of carbonyl (C=O) groups is 1. The molecule has 0 heterocycles. The van der Waals surface area contributed by atoms with Gasteiger partial charge in [0.15, 0.2) is 0 Å². The van der Waals surface area contributed by atoms with Crippen LogP contribution >= 0.6 is 15.9 Å². The predicted molar refractivity (Wildman–Crippen MR) is 100 cm³/mol. The number of anilines is 1. The lowest BCUT2D eigenvalue weighted by atomic mass is 10.1. The number of nitriles is 1. The molecule has 0 aliphatic heterocycles. The maximum atomic E-state index is 12.2. The number of phenols is 1. The third-order valence-corrected chi connectivity index (χ3v) is 3.73. The van der Waals surface area contributed by atoms with Crippen molar-refractivity contribution in [1.82, 2.24) is 0 Å².